The van der Waals surface area contributed by atoms with E-state index in [0.717, 1.165) is 0 Å². The van der Waals surface area contributed by atoms with Crippen LogP contribution in [-0.2, 0) is 5.54 Å². The van der Waals surface area contributed by atoms with E-state index in [0.29, 0.717) is 12.1 Å². The maximum Gasteiger partial charge on any atom is 0.347 e. The Kier molecular flexibility index (Phi) is 5.48. The summed E-state index contributed by atoms with van der Waals surface area (Å²) in [6, 6.07) is 0.713. The molecule has 0 N–H and O–H groups in total. The monoisotopic (exact) mass is 458 g/mol. The molecule has 0 aliphatic heterocycles. The molecule has 0 radical (unpaired) electrons. The number of rotatable bonds is 4. The minimum atomic E-state index is -2.57. The molecule has 0 fully saturated rings. The maximum absolute atomic E-state index is 14.8. The topological polar surface area (TPSA) is 43.6 Å². The zero-order valence-electron chi connectivity index (χ0n) is 14.1. The van der Waals surface area contributed by atoms with E-state index < -0.39 is 74.1 Å². The van der Waals surface area contributed by atoms with Crippen molar-refractivity contribution in [2.45, 2.75) is 18.9 Å². The van der Waals surface area contributed by atoms with E-state index in [1.165, 1.54) is 6.92 Å². The van der Waals surface area contributed by atoms with Crippen molar-refractivity contribution < 1.29 is 30.7 Å². The van der Waals surface area contributed by atoms with Crippen molar-refractivity contribution in [3.05, 3.63) is 74.3 Å². The molecule has 4 nitrogen and oxygen atoms in total. The number of halogens is 9. The number of hydrogen-bond donors (Lipinski definition) is 0. The van der Waals surface area contributed by atoms with Crippen LogP contribution in [0.2, 0.25) is 10.0 Å². The largest absolute Gasteiger partial charge is 0.347 e. The van der Waals surface area contributed by atoms with Gasteiger partial charge in [0.2, 0.25) is 0 Å². The Morgan fingerprint density at radius 2 is 1.28 bits per heavy atom. The molecule has 0 saturated heterocycles. The van der Waals surface area contributed by atoms with Crippen LogP contribution in [0.1, 0.15) is 24.5 Å². The lowest BCUT2D eigenvalue weighted by atomic mass is 9.80. The van der Waals surface area contributed by atoms with Crippen LogP contribution in [-0.4, -0.2) is 20.2 Å². The standard InChI is InChI=1S/C16H7Cl2F7N4/c1-2-16(29-27-15(25)26-28-29,5-3-7(19)9(17)13(23)11(5)21)6-4-8(20)10(18)14(24)12(6)22/h3-4H,2H2,1H3. The van der Waals surface area contributed by atoms with Crippen LogP contribution in [0.25, 0.3) is 0 Å². The van der Waals surface area contributed by atoms with Gasteiger partial charge in [-0.05, 0) is 23.8 Å². The summed E-state index contributed by atoms with van der Waals surface area (Å²) in [5.74, 6) is -10.3. The predicted molar refractivity (Wildman–Crippen MR) is 86.9 cm³/mol. The number of aromatic nitrogens is 4. The van der Waals surface area contributed by atoms with E-state index in [4.69, 9.17) is 23.2 Å². The molecule has 154 valence electrons. The predicted octanol–water partition coefficient (Wildman–Crippen LogP) is 5.16. The van der Waals surface area contributed by atoms with E-state index in [9.17, 15) is 30.7 Å². The second-order valence-corrected chi connectivity index (χ2v) is 6.51. The van der Waals surface area contributed by atoms with Gasteiger partial charge in [-0.2, -0.15) is 4.39 Å². The fourth-order valence-corrected chi connectivity index (χ4v) is 3.26. The highest BCUT2D eigenvalue weighted by molar-refractivity contribution is 6.31. The Hall–Kier alpha value is -2.40. The lowest BCUT2D eigenvalue weighted by molar-refractivity contribution is 0.289. The van der Waals surface area contributed by atoms with Gasteiger partial charge in [-0.15, -0.1) is 9.90 Å². The second-order valence-electron chi connectivity index (χ2n) is 5.76. The molecule has 0 aliphatic carbocycles. The molecule has 1 aromatic heterocycles. The van der Waals surface area contributed by atoms with Crippen LogP contribution in [0.15, 0.2) is 12.1 Å². The summed E-state index contributed by atoms with van der Waals surface area (Å²) in [4.78, 5) is 0.249. The highest BCUT2D eigenvalue weighted by atomic mass is 35.5. The minimum Gasteiger partial charge on any atom is -0.205 e. The lowest BCUT2D eigenvalue weighted by Gasteiger charge is -2.33. The van der Waals surface area contributed by atoms with Gasteiger partial charge in [-0.1, -0.05) is 35.2 Å². The summed E-state index contributed by atoms with van der Waals surface area (Å²) < 4.78 is 99.4. The summed E-state index contributed by atoms with van der Waals surface area (Å²) in [7, 11) is 0. The molecule has 3 aromatic rings. The van der Waals surface area contributed by atoms with Gasteiger partial charge >= 0.3 is 6.08 Å². The van der Waals surface area contributed by atoms with Crippen molar-refractivity contribution in [2.24, 2.45) is 0 Å². The third kappa shape index (κ3) is 3.12. The molecule has 0 bridgehead atoms. The molecule has 0 spiro atoms. The zero-order chi connectivity index (χ0) is 21.7. The summed E-state index contributed by atoms with van der Waals surface area (Å²) in [6.45, 7) is 1.22. The number of tetrazole rings is 1. The van der Waals surface area contributed by atoms with E-state index >= 15 is 0 Å². The first-order valence-electron chi connectivity index (χ1n) is 7.69. The molecule has 0 atom stereocenters. The molecular weight excluding hydrogens is 452 g/mol. The number of nitrogens with zero attached hydrogens (tertiary/aromatic N) is 4. The van der Waals surface area contributed by atoms with Crippen molar-refractivity contribution in [3.8, 4) is 0 Å². The van der Waals surface area contributed by atoms with Gasteiger partial charge < -0.3 is 0 Å². The van der Waals surface area contributed by atoms with E-state index in [2.05, 4.69) is 15.4 Å². The van der Waals surface area contributed by atoms with Crippen molar-refractivity contribution in [3.63, 3.8) is 0 Å². The van der Waals surface area contributed by atoms with E-state index in [1.54, 1.807) is 0 Å². The van der Waals surface area contributed by atoms with Gasteiger partial charge in [0.15, 0.2) is 23.3 Å². The number of benzene rings is 2. The van der Waals surface area contributed by atoms with Crippen LogP contribution in [0.4, 0.5) is 30.7 Å². The highest BCUT2D eigenvalue weighted by Crippen LogP contribution is 2.43. The molecule has 13 heteroatoms. The molecule has 0 saturated carbocycles. The van der Waals surface area contributed by atoms with Crippen molar-refractivity contribution in [1.29, 1.82) is 0 Å². The van der Waals surface area contributed by atoms with Crippen LogP contribution in [0.5, 0.6) is 0 Å². The summed E-state index contributed by atoms with van der Waals surface area (Å²) >= 11 is 10.7. The Morgan fingerprint density at radius 3 is 1.62 bits per heavy atom. The van der Waals surface area contributed by atoms with Gasteiger partial charge in [-0.25, -0.2) is 26.3 Å². The van der Waals surface area contributed by atoms with Crippen molar-refractivity contribution >= 4 is 23.2 Å². The first-order valence-corrected chi connectivity index (χ1v) is 8.44. The molecule has 3 rings (SSSR count). The van der Waals surface area contributed by atoms with Gasteiger partial charge in [-0.3, -0.25) is 0 Å². The highest BCUT2D eigenvalue weighted by Gasteiger charge is 2.45. The van der Waals surface area contributed by atoms with Gasteiger partial charge in [0, 0.05) is 11.1 Å². The van der Waals surface area contributed by atoms with Gasteiger partial charge in [0.05, 0.1) is 0 Å². The average molecular weight is 459 g/mol. The third-order valence-electron chi connectivity index (χ3n) is 4.34. The first-order chi connectivity index (χ1) is 13.6. The van der Waals surface area contributed by atoms with E-state index in [1.807, 2.05) is 0 Å². The Bertz CT molecular complexity index is 1060. The fraction of sp³-hybridized carbons (Fsp3) is 0.188. The second kappa shape index (κ2) is 7.45. The van der Waals surface area contributed by atoms with Gasteiger partial charge in [0.25, 0.3) is 0 Å². The molecule has 0 aliphatic rings. The molecular formula is C16H7Cl2F7N4. The molecule has 1 heterocycles. The third-order valence-corrected chi connectivity index (χ3v) is 5.03. The molecule has 0 amide bonds. The Labute approximate surface area is 167 Å². The van der Waals surface area contributed by atoms with Crippen molar-refractivity contribution in [1.82, 2.24) is 20.2 Å². The molecule has 0 unspecified atom stereocenters. The SMILES string of the molecule is CCC(c1cc(F)c(Cl)c(F)c1F)(c1cc(F)c(Cl)c(F)c1F)n1nnc(F)n1. The average Bonchev–Trinajstić information content (AvgIpc) is 3.13. The van der Waals surface area contributed by atoms with Crippen molar-refractivity contribution in [2.75, 3.05) is 0 Å². The van der Waals surface area contributed by atoms with Crippen LogP contribution in [0, 0.1) is 41.0 Å². The lowest BCUT2D eigenvalue weighted by Crippen LogP contribution is -2.40. The van der Waals surface area contributed by atoms with Gasteiger partial charge in [0.1, 0.15) is 27.2 Å². The van der Waals surface area contributed by atoms with Crippen LogP contribution < -0.4 is 0 Å². The molecule has 2 aromatic carbocycles. The number of hydrogen-bond acceptors (Lipinski definition) is 3. The van der Waals surface area contributed by atoms with E-state index in [-0.39, 0.29) is 4.80 Å². The summed E-state index contributed by atoms with van der Waals surface area (Å²) in [5, 5.41) is 6.93. The van der Waals surface area contributed by atoms with Crippen LogP contribution >= 0.6 is 23.2 Å². The Balaban J connectivity index is 2.53. The smallest absolute Gasteiger partial charge is 0.205 e. The molecule has 29 heavy (non-hydrogen) atoms. The normalized spacial score (nSPS) is 11.9. The Morgan fingerprint density at radius 1 is 0.828 bits per heavy atom. The summed E-state index contributed by atoms with van der Waals surface area (Å²) in [6.07, 6.45) is -2.04. The van der Waals surface area contributed by atoms with Crippen LogP contribution in [0.3, 0.4) is 0 Å². The fourth-order valence-electron chi connectivity index (χ4n) is 2.99. The summed E-state index contributed by atoms with van der Waals surface area (Å²) in [5.41, 5.74) is -4.60. The zero-order valence-corrected chi connectivity index (χ0v) is 15.6. The minimum absolute atomic E-state index is 0.249. The maximum atomic E-state index is 14.8. The first kappa shape index (κ1) is 21.3. The quantitative estimate of drug-likeness (QED) is 0.308.